The molecule has 0 fully saturated rings. The van der Waals surface area contributed by atoms with Crippen LogP contribution in [0.15, 0.2) is 12.4 Å². The summed E-state index contributed by atoms with van der Waals surface area (Å²) in [7, 11) is 3.43. The van der Waals surface area contributed by atoms with Crippen molar-refractivity contribution < 1.29 is 4.39 Å². The lowest BCUT2D eigenvalue weighted by molar-refractivity contribution is 0.496. The smallest absolute Gasteiger partial charge is 0.216 e. The van der Waals surface area contributed by atoms with E-state index in [-0.39, 0.29) is 18.4 Å². The lowest BCUT2D eigenvalue weighted by atomic mass is 10.2. The van der Waals surface area contributed by atoms with Crippen molar-refractivity contribution >= 4 is 18.1 Å². The molecule has 7 heteroatoms. The maximum absolute atomic E-state index is 13.6. The maximum Gasteiger partial charge on any atom is 0.216 e. The average Bonchev–Trinajstić information content (AvgIpc) is 2.72. The van der Waals surface area contributed by atoms with Crippen molar-refractivity contribution in [2.45, 2.75) is 13.5 Å². The highest BCUT2D eigenvalue weighted by atomic mass is 35.5. The molecule has 17 heavy (non-hydrogen) atoms. The molecule has 2 heterocycles. The minimum absolute atomic E-state index is 0. The Hall–Kier alpha value is -1.56. The summed E-state index contributed by atoms with van der Waals surface area (Å²) in [6, 6.07) is 0. The molecule has 2 aromatic rings. The van der Waals surface area contributed by atoms with E-state index >= 15 is 0 Å². The van der Waals surface area contributed by atoms with Gasteiger partial charge in [-0.1, -0.05) is 0 Å². The van der Waals surface area contributed by atoms with Crippen molar-refractivity contribution in [2.24, 2.45) is 14.1 Å². The molecule has 5 nitrogen and oxygen atoms in total. The van der Waals surface area contributed by atoms with Crippen LogP contribution in [0.5, 0.6) is 0 Å². The number of aryl methyl sites for hydroxylation is 3. The van der Waals surface area contributed by atoms with E-state index in [0.717, 1.165) is 5.69 Å². The summed E-state index contributed by atoms with van der Waals surface area (Å²) in [5.41, 5.74) is 2.16. The molecule has 0 bridgehead atoms. The van der Waals surface area contributed by atoms with Gasteiger partial charge in [0.1, 0.15) is 0 Å². The zero-order valence-corrected chi connectivity index (χ0v) is 10.8. The molecule has 0 saturated heterocycles. The molecule has 1 N–H and O–H groups in total. The number of aromatic nitrogens is 4. The molecule has 0 spiro atoms. The number of hydrogen-bond donors (Lipinski definition) is 1. The molecule has 2 rings (SSSR count). The molecule has 0 aliphatic rings. The lowest BCUT2D eigenvalue weighted by Gasteiger charge is -2.02. The zero-order valence-electron chi connectivity index (χ0n) is 9.94. The standard InChI is InChI=1S/C10H14FN5.ClH/c1-7-9(10(11)16(3)14-7)5-12-8-4-13-15(2)6-8;/h4,6,12H,5H2,1-3H3;1H. The topological polar surface area (TPSA) is 47.7 Å². The molecule has 0 unspecified atom stereocenters. The summed E-state index contributed by atoms with van der Waals surface area (Å²) in [4.78, 5) is 0. The molecule has 94 valence electrons. The van der Waals surface area contributed by atoms with Gasteiger partial charge >= 0.3 is 0 Å². The van der Waals surface area contributed by atoms with Gasteiger partial charge in [0.25, 0.3) is 0 Å². The van der Waals surface area contributed by atoms with Crippen molar-refractivity contribution in [1.82, 2.24) is 19.6 Å². The number of hydrogen-bond acceptors (Lipinski definition) is 3. The molecule has 2 aromatic heterocycles. The highest BCUT2D eigenvalue weighted by Gasteiger charge is 2.12. The number of nitrogens with zero attached hydrogens (tertiary/aromatic N) is 4. The van der Waals surface area contributed by atoms with E-state index in [4.69, 9.17) is 0 Å². The van der Waals surface area contributed by atoms with E-state index in [1.54, 1.807) is 24.9 Å². The first kappa shape index (κ1) is 13.5. The van der Waals surface area contributed by atoms with Crippen LogP contribution in [0.25, 0.3) is 0 Å². The summed E-state index contributed by atoms with van der Waals surface area (Å²) < 4.78 is 16.5. The number of halogens is 2. The lowest BCUT2D eigenvalue weighted by Crippen LogP contribution is -2.02. The quantitative estimate of drug-likeness (QED) is 0.912. The van der Waals surface area contributed by atoms with Gasteiger partial charge in [-0.25, -0.2) is 4.68 Å². The van der Waals surface area contributed by atoms with Gasteiger partial charge in [0.05, 0.1) is 17.6 Å². The Bertz CT molecular complexity index is 505. The summed E-state index contributed by atoms with van der Waals surface area (Å²) in [5.74, 6) is -0.297. The Balaban J connectivity index is 0.00000144. The predicted octanol–water partition coefficient (Wildman–Crippen LogP) is 1.64. The number of anilines is 1. The van der Waals surface area contributed by atoms with E-state index in [9.17, 15) is 4.39 Å². The van der Waals surface area contributed by atoms with Crippen LogP contribution in [-0.4, -0.2) is 19.6 Å². The van der Waals surface area contributed by atoms with Crippen molar-refractivity contribution in [3.05, 3.63) is 29.6 Å². The van der Waals surface area contributed by atoms with Crippen LogP contribution < -0.4 is 5.32 Å². The fourth-order valence-electron chi connectivity index (χ4n) is 1.58. The van der Waals surface area contributed by atoms with Gasteiger partial charge in [-0.3, -0.25) is 4.68 Å². The highest BCUT2D eigenvalue weighted by molar-refractivity contribution is 5.85. The molecule has 0 aliphatic carbocycles. The first-order chi connectivity index (χ1) is 7.58. The fourth-order valence-corrected chi connectivity index (χ4v) is 1.58. The molecular weight excluding hydrogens is 245 g/mol. The largest absolute Gasteiger partial charge is 0.378 e. The zero-order chi connectivity index (χ0) is 11.7. The molecule has 0 saturated carbocycles. The van der Waals surface area contributed by atoms with E-state index in [2.05, 4.69) is 15.5 Å². The minimum atomic E-state index is -0.297. The summed E-state index contributed by atoms with van der Waals surface area (Å²) in [6.45, 7) is 2.21. The van der Waals surface area contributed by atoms with Crippen LogP contribution in [0.2, 0.25) is 0 Å². The number of nitrogens with one attached hydrogen (secondary N) is 1. The average molecular weight is 260 g/mol. The van der Waals surface area contributed by atoms with E-state index < -0.39 is 0 Å². The second kappa shape index (κ2) is 5.18. The van der Waals surface area contributed by atoms with Crippen LogP contribution in [0, 0.1) is 12.9 Å². The van der Waals surface area contributed by atoms with Crippen LogP contribution in [-0.2, 0) is 20.6 Å². The van der Waals surface area contributed by atoms with Gasteiger partial charge in [0.15, 0.2) is 0 Å². The Morgan fingerprint density at radius 3 is 2.59 bits per heavy atom. The second-order valence-corrected chi connectivity index (χ2v) is 3.73. The Morgan fingerprint density at radius 2 is 2.12 bits per heavy atom. The normalized spacial score (nSPS) is 10.1. The van der Waals surface area contributed by atoms with Gasteiger partial charge < -0.3 is 5.32 Å². The summed E-state index contributed by atoms with van der Waals surface area (Å²) in [5, 5.41) is 11.1. The van der Waals surface area contributed by atoms with E-state index in [1.165, 1.54) is 4.68 Å². The van der Waals surface area contributed by atoms with E-state index in [0.29, 0.717) is 17.8 Å². The van der Waals surface area contributed by atoms with Gasteiger partial charge in [0, 0.05) is 32.4 Å². The molecule has 0 amide bonds. The SMILES string of the molecule is Cc1nn(C)c(F)c1CNc1cnn(C)c1.Cl. The maximum atomic E-state index is 13.6. The predicted molar refractivity (Wildman–Crippen MR) is 65.7 cm³/mol. The van der Waals surface area contributed by atoms with Crippen LogP contribution in [0.1, 0.15) is 11.3 Å². The van der Waals surface area contributed by atoms with Gasteiger partial charge in [-0.2, -0.15) is 14.6 Å². The van der Waals surface area contributed by atoms with Gasteiger partial charge in [-0.15, -0.1) is 12.4 Å². The summed E-state index contributed by atoms with van der Waals surface area (Å²) >= 11 is 0. The Kier molecular flexibility index (Phi) is 4.11. The van der Waals surface area contributed by atoms with E-state index in [1.807, 2.05) is 13.2 Å². The molecular formula is C10H15ClFN5. The monoisotopic (exact) mass is 259 g/mol. The summed E-state index contributed by atoms with van der Waals surface area (Å²) in [6.07, 6.45) is 3.53. The first-order valence-corrected chi connectivity index (χ1v) is 4.98. The Morgan fingerprint density at radius 1 is 1.41 bits per heavy atom. The fraction of sp³-hybridized carbons (Fsp3) is 0.400. The highest BCUT2D eigenvalue weighted by Crippen LogP contribution is 2.13. The van der Waals surface area contributed by atoms with Crippen molar-refractivity contribution in [1.29, 1.82) is 0 Å². The Labute approximate surface area is 105 Å². The third kappa shape index (κ3) is 2.76. The third-order valence-corrected chi connectivity index (χ3v) is 2.44. The molecule has 0 radical (unpaired) electrons. The van der Waals surface area contributed by atoms with Crippen LogP contribution in [0.3, 0.4) is 0 Å². The first-order valence-electron chi connectivity index (χ1n) is 4.98. The van der Waals surface area contributed by atoms with Crippen molar-refractivity contribution in [3.8, 4) is 0 Å². The second-order valence-electron chi connectivity index (χ2n) is 3.73. The van der Waals surface area contributed by atoms with Crippen molar-refractivity contribution in [3.63, 3.8) is 0 Å². The van der Waals surface area contributed by atoms with Crippen molar-refractivity contribution in [2.75, 3.05) is 5.32 Å². The molecule has 0 atom stereocenters. The third-order valence-electron chi connectivity index (χ3n) is 2.44. The van der Waals surface area contributed by atoms with Gasteiger partial charge in [-0.05, 0) is 6.92 Å². The van der Waals surface area contributed by atoms with Gasteiger partial charge in [0.2, 0.25) is 5.95 Å². The molecule has 0 aromatic carbocycles. The van der Waals surface area contributed by atoms with Crippen LogP contribution in [0.4, 0.5) is 10.1 Å². The van der Waals surface area contributed by atoms with Crippen LogP contribution >= 0.6 is 12.4 Å². The molecule has 0 aliphatic heterocycles. The number of rotatable bonds is 3. The minimum Gasteiger partial charge on any atom is -0.378 e.